The number of rotatable bonds is 29. The number of ketones is 2. The van der Waals surface area contributed by atoms with Crippen LogP contribution in [0.3, 0.4) is 0 Å². The number of halogens is 1. The number of hydrogen-bond donors (Lipinski definition) is 0. The van der Waals surface area contributed by atoms with E-state index in [-0.39, 0.29) is 17.5 Å². The van der Waals surface area contributed by atoms with Crippen molar-refractivity contribution < 1.29 is 14.1 Å². The van der Waals surface area contributed by atoms with Crippen molar-refractivity contribution in [3.05, 3.63) is 0 Å². The second-order valence-corrected chi connectivity index (χ2v) is 13.5. The number of unbranched alkanes of at least 4 members (excludes halogenated alkanes) is 20. The fraction of sp³-hybridized carbons (Fsp3) is 0.941. The molecule has 4 heteroatoms. The average Bonchev–Trinajstić information content (AvgIpc) is 2.87. The molecule has 2 atom stereocenters. The van der Waals surface area contributed by atoms with Gasteiger partial charge in [-0.2, -0.15) is 0 Å². The predicted molar refractivity (Wildman–Crippen MR) is 168 cm³/mol. The van der Waals surface area contributed by atoms with E-state index in [4.69, 9.17) is 11.6 Å². The summed E-state index contributed by atoms with van der Waals surface area (Å²) in [4.78, 5) is 26.0. The second-order valence-electron chi connectivity index (χ2n) is 13.0. The van der Waals surface area contributed by atoms with Crippen LogP contribution in [0.25, 0.3) is 0 Å². The molecule has 0 fully saturated rings. The molecule has 0 aliphatic rings. The first kappa shape index (κ1) is 37.6. The van der Waals surface area contributed by atoms with Crippen LogP contribution >= 0.6 is 11.6 Å². The van der Waals surface area contributed by atoms with Gasteiger partial charge in [-0.1, -0.05) is 142 Å². The Hall–Kier alpha value is -0.410. The molecule has 0 aromatic carbocycles. The molecule has 0 radical (unpaired) electrons. The van der Waals surface area contributed by atoms with Gasteiger partial charge in [0.2, 0.25) is 0 Å². The number of hydrogen-bond acceptors (Lipinski definition) is 2. The van der Waals surface area contributed by atoms with Crippen LogP contribution in [-0.2, 0) is 9.59 Å². The molecular weight excluding hydrogens is 490 g/mol. The van der Waals surface area contributed by atoms with Crippen molar-refractivity contribution in [3.8, 4) is 0 Å². The summed E-state index contributed by atoms with van der Waals surface area (Å²) in [5.74, 6) is -0.0883. The average molecular weight is 557 g/mol. The molecule has 2 unspecified atom stereocenters. The third kappa shape index (κ3) is 23.5. The first-order chi connectivity index (χ1) is 18.2. The van der Waals surface area contributed by atoms with Crippen LogP contribution in [0.5, 0.6) is 0 Å². The van der Waals surface area contributed by atoms with Gasteiger partial charge in [-0.25, -0.2) is 0 Å². The lowest BCUT2D eigenvalue weighted by Gasteiger charge is -2.30. The Labute approximate surface area is 243 Å². The Morgan fingerprint density at radius 1 is 0.500 bits per heavy atom. The maximum absolute atomic E-state index is 13.1. The molecule has 0 spiro atoms. The van der Waals surface area contributed by atoms with Gasteiger partial charge in [-0.3, -0.25) is 9.59 Å². The van der Waals surface area contributed by atoms with Gasteiger partial charge in [-0.05, 0) is 12.8 Å². The van der Waals surface area contributed by atoms with Crippen molar-refractivity contribution >= 4 is 23.2 Å². The number of alkyl halides is 1. The Bertz CT molecular complexity index is 557. The molecule has 0 aliphatic heterocycles. The summed E-state index contributed by atoms with van der Waals surface area (Å²) in [7, 11) is 6.25. The number of quaternary nitrogens is 1. The minimum absolute atomic E-state index is 0.0772. The molecule has 0 amide bonds. The zero-order chi connectivity index (χ0) is 28.5. The van der Waals surface area contributed by atoms with Gasteiger partial charge in [-0.15, -0.1) is 11.6 Å². The SMILES string of the molecule is CCCCCCCCCCCCCC(=O)C(Cl)C(C[N+](C)(C)C)C(=O)CCCCCCCCCCCCC. The molecule has 3 nitrogen and oxygen atoms in total. The Morgan fingerprint density at radius 3 is 1.11 bits per heavy atom. The fourth-order valence-corrected chi connectivity index (χ4v) is 5.75. The highest BCUT2D eigenvalue weighted by atomic mass is 35.5. The fourth-order valence-electron chi connectivity index (χ4n) is 5.42. The highest BCUT2D eigenvalue weighted by molar-refractivity contribution is 6.32. The van der Waals surface area contributed by atoms with E-state index in [1.807, 2.05) is 0 Å². The summed E-state index contributed by atoms with van der Waals surface area (Å²) in [6.07, 6.45) is 29.1. The van der Waals surface area contributed by atoms with Gasteiger partial charge in [0.1, 0.15) is 11.2 Å². The standard InChI is InChI=1S/C34H67ClNO2/c1-6-8-10-12-14-16-18-20-22-24-26-28-32(37)31(30-36(3,4)5)34(35)33(38)29-27-25-23-21-19-17-15-13-11-9-7-2/h31,34H,6-30H2,1-5H3/q+1. The van der Waals surface area contributed by atoms with Crippen LogP contribution in [0.15, 0.2) is 0 Å². The van der Waals surface area contributed by atoms with Crippen molar-refractivity contribution in [1.29, 1.82) is 0 Å². The molecule has 0 aromatic rings. The molecule has 226 valence electrons. The maximum atomic E-state index is 13.1. The monoisotopic (exact) mass is 556 g/mol. The highest BCUT2D eigenvalue weighted by Crippen LogP contribution is 2.22. The van der Waals surface area contributed by atoms with Crippen LogP contribution in [0.1, 0.15) is 168 Å². The Kier molecular flexibility index (Phi) is 25.3. The number of carbonyl (C=O) groups excluding carboxylic acids is 2. The molecule has 0 N–H and O–H groups in total. The lowest BCUT2D eigenvalue weighted by molar-refractivity contribution is -0.872. The maximum Gasteiger partial charge on any atom is 0.151 e. The topological polar surface area (TPSA) is 34.1 Å². The van der Waals surface area contributed by atoms with E-state index in [1.165, 1.54) is 116 Å². The van der Waals surface area contributed by atoms with Gasteiger partial charge in [0.15, 0.2) is 5.78 Å². The second kappa shape index (κ2) is 25.6. The van der Waals surface area contributed by atoms with Crippen molar-refractivity contribution in [2.24, 2.45) is 5.92 Å². The lowest BCUT2D eigenvalue weighted by Crippen LogP contribution is -2.46. The third-order valence-corrected chi connectivity index (χ3v) is 8.42. The summed E-state index contributed by atoms with van der Waals surface area (Å²) in [5, 5.41) is -0.671. The minimum Gasteiger partial charge on any atom is -0.330 e. The van der Waals surface area contributed by atoms with Crippen molar-refractivity contribution in [2.75, 3.05) is 27.7 Å². The summed E-state index contributed by atoms with van der Waals surface area (Å²) in [5.41, 5.74) is 0. The van der Waals surface area contributed by atoms with E-state index < -0.39 is 5.38 Å². The van der Waals surface area contributed by atoms with Crippen LogP contribution in [0.4, 0.5) is 0 Å². The smallest absolute Gasteiger partial charge is 0.151 e. The Balaban J connectivity index is 4.16. The third-order valence-electron chi connectivity index (χ3n) is 7.87. The van der Waals surface area contributed by atoms with E-state index in [2.05, 4.69) is 35.0 Å². The van der Waals surface area contributed by atoms with Gasteiger partial charge >= 0.3 is 0 Å². The molecule has 0 aliphatic carbocycles. The van der Waals surface area contributed by atoms with E-state index in [0.717, 1.165) is 25.7 Å². The van der Waals surface area contributed by atoms with Crippen molar-refractivity contribution in [3.63, 3.8) is 0 Å². The summed E-state index contributed by atoms with van der Waals surface area (Å²) >= 11 is 6.69. The molecule has 0 aromatic heterocycles. The van der Waals surface area contributed by atoms with E-state index in [0.29, 0.717) is 23.9 Å². The molecule has 0 heterocycles. The largest absolute Gasteiger partial charge is 0.330 e. The Morgan fingerprint density at radius 2 is 0.789 bits per heavy atom. The van der Waals surface area contributed by atoms with Gasteiger partial charge in [0, 0.05) is 12.8 Å². The highest BCUT2D eigenvalue weighted by Gasteiger charge is 2.35. The van der Waals surface area contributed by atoms with Crippen LogP contribution in [0.2, 0.25) is 0 Å². The normalized spacial score (nSPS) is 13.5. The van der Waals surface area contributed by atoms with E-state index in [9.17, 15) is 9.59 Å². The van der Waals surface area contributed by atoms with Crippen LogP contribution < -0.4 is 0 Å². The van der Waals surface area contributed by atoms with E-state index in [1.54, 1.807) is 0 Å². The van der Waals surface area contributed by atoms with Gasteiger partial charge in [0.25, 0.3) is 0 Å². The minimum atomic E-state index is -0.671. The first-order valence-corrected chi connectivity index (χ1v) is 17.2. The van der Waals surface area contributed by atoms with Crippen LogP contribution in [-0.4, -0.2) is 49.1 Å². The number of Topliss-reactive ketones (excluding diaryl/α,β-unsaturated/α-hetero) is 2. The lowest BCUT2D eigenvalue weighted by atomic mass is 9.90. The van der Waals surface area contributed by atoms with Crippen molar-refractivity contribution in [1.82, 2.24) is 0 Å². The van der Waals surface area contributed by atoms with Gasteiger partial charge in [0.05, 0.1) is 33.6 Å². The zero-order valence-electron chi connectivity index (χ0n) is 26.5. The van der Waals surface area contributed by atoms with E-state index >= 15 is 0 Å². The molecule has 0 rings (SSSR count). The zero-order valence-corrected chi connectivity index (χ0v) is 27.2. The predicted octanol–water partition coefficient (Wildman–Crippen LogP) is 10.5. The molecule has 0 bridgehead atoms. The van der Waals surface area contributed by atoms with Gasteiger partial charge < -0.3 is 4.48 Å². The molecule has 0 saturated carbocycles. The summed E-state index contributed by atoms with van der Waals surface area (Å²) < 4.78 is 0.656. The summed E-state index contributed by atoms with van der Waals surface area (Å²) in [6.45, 7) is 5.16. The van der Waals surface area contributed by atoms with Crippen LogP contribution in [0, 0.1) is 5.92 Å². The quantitative estimate of drug-likeness (QED) is 0.0521. The number of nitrogens with zero attached hydrogens (tertiary/aromatic N) is 1. The number of carbonyl (C=O) groups is 2. The first-order valence-electron chi connectivity index (χ1n) is 16.7. The van der Waals surface area contributed by atoms with Crippen molar-refractivity contribution in [2.45, 2.75) is 173 Å². The molecule has 0 saturated heterocycles. The molecule has 38 heavy (non-hydrogen) atoms. The molecular formula is C34H67ClNO2+. The summed E-state index contributed by atoms with van der Waals surface area (Å²) in [6, 6.07) is 0.